The Morgan fingerprint density at radius 1 is 0.750 bits per heavy atom. The van der Waals surface area contributed by atoms with Gasteiger partial charge in [0.1, 0.15) is 0 Å². The van der Waals surface area contributed by atoms with E-state index in [1.807, 2.05) is 0 Å². The van der Waals surface area contributed by atoms with Gasteiger partial charge in [-0.1, -0.05) is 0 Å². The van der Waals surface area contributed by atoms with E-state index < -0.39 is 36.1 Å². The average Bonchev–Trinajstić information content (AvgIpc) is 2.54. The van der Waals surface area contributed by atoms with Crippen molar-refractivity contribution >= 4 is 17.9 Å². The molecule has 24 heavy (non-hydrogen) atoms. The molecule has 0 aromatic rings. The summed E-state index contributed by atoms with van der Waals surface area (Å²) in [4.78, 5) is 33.9. The second-order valence-corrected chi connectivity index (χ2v) is 4.56. The highest BCUT2D eigenvalue weighted by Crippen LogP contribution is 2.54. The standard InChI is InChI=1S/C14H20O10/c1-8(15)22-7-10(17)24-12-11(23-9(2)16)13(18-3,19-4)14(12,20-5)21-6/h7H2,1-6H3. The molecule has 0 bridgehead atoms. The largest absolute Gasteiger partial charge is 0.454 e. The Balaban J connectivity index is 3.26. The number of esters is 3. The van der Waals surface area contributed by atoms with E-state index in [1.165, 1.54) is 28.4 Å². The van der Waals surface area contributed by atoms with Crippen molar-refractivity contribution in [3.63, 3.8) is 0 Å². The van der Waals surface area contributed by atoms with Crippen molar-refractivity contribution in [1.29, 1.82) is 0 Å². The van der Waals surface area contributed by atoms with Crippen LogP contribution in [0.3, 0.4) is 0 Å². The van der Waals surface area contributed by atoms with Crippen LogP contribution in [0.15, 0.2) is 11.5 Å². The van der Waals surface area contributed by atoms with E-state index in [0.717, 1.165) is 13.8 Å². The van der Waals surface area contributed by atoms with Crippen molar-refractivity contribution < 1.29 is 47.5 Å². The Bertz CT molecular complexity index is 542. The molecule has 0 unspecified atom stereocenters. The minimum Gasteiger partial charge on any atom is -0.454 e. The highest BCUT2D eigenvalue weighted by Gasteiger charge is 2.74. The van der Waals surface area contributed by atoms with Crippen molar-refractivity contribution in [2.45, 2.75) is 25.4 Å². The van der Waals surface area contributed by atoms with E-state index >= 15 is 0 Å². The average molecular weight is 348 g/mol. The molecule has 1 aliphatic carbocycles. The van der Waals surface area contributed by atoms with Gasteiger partial charge in [0.05, 0.1) is 0 Å². The number of ether oxygens (including phenoxy) is 7. The van der Waals surface area contributed by atoms with Gasteiger partial charge in [-0.05, 0) is 0 Å². The van der Waals surface area contributed by atoms with Gasteiger partial charge in [0.2, 0.25) is 11.5 Å². The third-order valence-electron chi connectivity index (χ3n) is 3.24. The molecule has 0 aliphatic heterocycles. The molecule has 0 heterocycles. The zero-order valence-corrected chi connectivity index (χ0v) is 14.3. The fraction of sp³-hybridized carbons (Fsp3) is 0.643. The summed E-state index contributed by atoms with van der Waals surface area (Å²) in [7, 11) is 5.02. The molecule has 0 saturated carbocycles. The molecule has 0 saturated heterocycles. The van der Waals surface area contributed by atoms with Gasteiger partial charge in [-0.3, -0.25) is 9.59 Å². The number of carbonyl (C=O) groups is 3. The number of hydrogen-bond donors (Lipinski definition) is 0. The van der Waals surface area contributed by atoms with Gasteiger partial charge in [-0.2, -0.15) is 0 Å². The van der Waals surface area contributed by atoms with Crippen molar-refractivity contribution in [2.75, 3.05) is 35.0 Å². The minimum atomic E-state index is -1.81. The Kier molecular flexibility index (Phi) is 6.43. The molecule has 10 nitrogen and oxygen atoms in total. The van der Waals surface area contributed by atoms with Crippen LogP contribution >= 0.6 is 0 Å². The summed E-state index contributed by atoms with van der Waals surface area (Å²) >= 11 is 0. The predicted octanol–water partition coefficient (Wildman–Crippen LogP) is -0.141. The van der Waals surface area contributed by atoms with Crippen LogP contribution in [-0.4, -0.2) is 64.5 Å². The Labute approximate surface area is 138 Å². The number of carbonyl (C=O) groups excluding carboxylic acids is 3. The zero-order valence-electron chi connectivity index (χ0n) is 14.3. The van der Waals surface area contributed by atoms with Crippen LogP contribution in [0, 0.1) is 0 Å². The Morgan fingerprint density at radius 2 is 1.17 bits per heavy atom. The second-order valence-electron chi connectivity index (χ2n) is 4.56. The summed E-state index contributed by atoms with van der Waals surface area (Å²) in [5, 5.41) is 0. The smallest absolute Gasteiger partial charge is 0.349 e. The molecule has 136 valence electrons. The fourth-order valence-electron chi connectivity index (χ4n) is 2.28. The van der Waals surface area contributed by atoms with E-state index in [-0.39, 0.29) is 11.5 Å². The molecule has 0 amide bonds. The summed E-state index contributed by atoms with van der Waals surface area (Å²) in [6, 6.07) is 0. The van der Waals surface area contributed by atoms with Gasteiger partial charge in [0.15, 0.2) is 6.61 Å². The van der Waals surface area contributed by atoms with Gasteiger partial charge in [-0.25, -0.2) is 4.79 Å². The monoisotopic (exact) mass is 348 g/mol. The first kappa shape index (κ1) is 20.0. The molecule has 0 spiro atoms. The topological polar surface area (TPSA) is 116 Å². The lowest BCUT2D eigenvalue weighted by Crippen LogP contribution is -2.70. The summed E-state index contributed by atoms with van der Waals surface area (Å²) in [5.41, 5.74) is 0. The van der Waals surface area contributed by atoms with Crippen molar-refractivity contribution in [2.24, 2.45) is 0 Å². The second kappa shape index (κ2) is 7.71. The highest BCUT2D eigenvalue weighted by atomic mass is 16.8. The first-order valence-corrected chi connectivity index (χ1v) is 6.72. The summed E-state index contributed by atoms with van der Waals surface area (Å²) in [6.07, 6.45) is 0. The van der Waals surface area contributed by atoms with Crippen molar-refractivity contribution in [3.8, 4) is 0 Å². The molecule has 10 heteroatoms. The minimum absolute atomic E-state index is 0.250. The molecule has 0 N–H and O–H groups in total. The zero-order chi connectivity index (χ0) is 18.5. The molecular formula is C14H20O10. The van der Waals surface area contributed by atoms with Crippen molar-refractivity contribution in [1.82, 2.24) is 0 Å². The summed E-state index contributed by atoms with van der Waals surface area (Å²) in [5.74, 6) is -6.44. The van der Waals surface area contributed by atoms with Gasteiger partial charge >= 0.3 is 17.9 Å². The first-order valence-electron chi connectivity index (χ1n) is 6.72. The molecule has 0 atom stereocenters. The lowest BCUT2D eigenvalue weighted by molar-refractivity contribution is -0.399. The van der Waals surface area contributed by atoms with E-state index in [9.17, 15) is 14.4 Å². The number of rotatable bonds is 8. The van der Waals surface area contributed by atoms with Crippen LogP contribution in [-0.2, 0) is 47.5 Å². The lowest BCUT2D eigenvalue weighted by atomic mass is 9.87. The number of methoxy groups -OCH3 is 4. The van der Waals surface area contributed by atoms with Crippen LogP contribution in [0.4, 0.5) is 0 Å². The van der Waals surface area contributed by atoms with E-state index in [2.05, 4.69) is 4.74 Å². The van der Waals surface area contributed by atoms with Gasteiger partial charge in [0.25, 0.3) is 11.6 Å². The van der Waals surface area contributed by atoms with E-state index in [0.29, 0.717) is 0 Å². The Hall–Kier alpha value is -2.01. The molecule has 0 fully saturated rings. The van der Waals surface area contributed by atoms with Gasteiger partial charge in [0, 0.05) is 42.3 Å². The maximum Gasteiger partial charge on any atom is 0.349 e. The first-order chi connectivity index (χ1) is 11.2. The fourth-order valence-corrected chi connectivity index (χ4v) is 2.28. The summed E-state index contributed by atoms with van der Waals surface area (Å²) in [6.45, 7) is 1.62. The molecule has 1 aliphatic rings. The van der Waals surface area contributed by atoms with Gasteiger partial charge in [-0.15, -0.1) is 0 Å². The molecule has 1 rings (SSSR count). The van der Waals surface area contributed by atoms with Crippen molar-refractivity contribution in [3.05, 3.63) is 11.5 Å². The van der Waals surface area contributed by atoms with Gasteiger partial charge < -0.3 is 33.2 Å². The maximum absolute atomic E-state index is 11.8. The third kappa shape index (κ3) is 3.13. The van der Waals surface area contributed by atoms with Crippen LogP contribution in [0.1, 0.15) is 13.8 Å². The number of hydrogen-bond acceptors (Lipinski definition) is 10. The summed E-state index contributed by atoms with van der Waals surface area (Å²) < 4.78 is 35.7. The van der Waals surface area contributed by atoms with Crippen LogP contribution < -0.4 is 0 Å². The molecule has 0 aromatic carbocycles. The quantitative estimate of drug-likeness (QED) is 0.333. The molecular weight excluding hydrogens is 328 g/mol. The maximum atomic E-state index is 11.8. The van der Waals surface area contributed by atoms with E-state index in [4.69, 9.17) is 28.4 Å². The SMILES string of the molecule is COC1(OC)C(OC(C)=O)=C(OC(=O)COC(C)=O)C1(OC)OC. The molecule has 0 aromatic heterocycles. The lowest BCUT2D eigenvalue weighted by Gasteiger charge is -2.52. The van der Waals surface area contributed by atoms with Crippen LogP contribution in [0.5, 0.6) is 0 Å². The molecule has 0 radical (unpaired) electrons. The van der Waals surface area contributed by atoms with E-state index in [1.54, 1.807) is 0 Å². The van der Waals surface area contributed by atoms with Crippen LogP contribution in [0.2, 0.25) is 0 Å². The normalized spacial score (nSPS) is 17.8. The Morgan fingerprint density at radius 3 is 1.50 bits per heavy atom. The predicted molar refractivity (Wildman–Crippen MR) is 75.0 cm³/mol. The highest BCUT2D eigenvalue weighted by molar-refractivity contribution is 5.77. The third-order valence-corrected chi connectivity index (χ3v) is 3.24. The van der Waals surface area contributed by atoms with Crippen LogP contribution in [0.25, 0.3) is 0 Å².